The van der Waals surface area contributed by atoms with Gasteiger partial charge in [-0.3, -0.25) is 0 Å². The highest BCUT2D eigenvalue weighted by molar-refractivity contribution is 5.38. The summed E-state index contributed by atoms with van der Waals surface area (Å²) in [7, 11) is 3.66. The van der Waals surface area contributed by atoms with Crippen molar-refractivity contribution in [2.45, 2.75) is 44.9 Å². The molecule has 0 radical (unpaired) electrons. The number of benzene rings is 1. The van der Waals surface area contributed by atoms with E-state index in [1.165, 1.54) is 18.4 Å². The van der Waals surface area contributed by atoms with Gasteiger partial charge in [-0.05, 0) is 50.9 Å². The number of ether oxygens (including phenoxy) is 3. The van der Waals surface area contributed by atoms with E-state index in [9.17, 15) is 0 Å². The number of methoxy groups -OCH3 is 1. The van der Waals surface area contributed by atoms with Gasteiger partial charge in [-0.15, -0.1) is 0 Å². The molecule has 0 spiro atoms. The van der Waals surface area contributed by atoms with Crippen LogP contribution in [0.4, 0.5) is 0 Å². The van der Waals surface area contributed by atoms with Gasteiger partial charge in [-0.1, -0.05) is 6.07 Å². The van der Waals surface area contributed by atoms with Crippen LogP contribution in [0.3, 0.4) is 0 Å². The summed E-state index contributed by atoms with van der Waals surface area (Å²) < 4.78 is 17.0. The summed E-state index contributed by atoms with van der Waals surface area (Å²) in [5, 5.41) is 3.25. The molecule has 4 heteroatoms. The summed E-state index contributed by atoms with van der Waals surface area (Å²) in [6.45, 7) is 4.23. The van der Waals surface area contributed by atoms with Gasteiger partial charge in [0, 0.05) is 18.2 Å². The first-order valence-corrected chi connectivity index (χ1v) is 7.78. The third-order valence-corrected chi connectivity index (χ3v) is 4.07. The predicted octanol–water partition coefficient (Wildman–Crippen LogP) is 3.06. The monoisotopic (exact) mass is 293 g/mol. The Labute approximate surface area is 127 Å². The molecule has 1 aliphatic heterocycles. The number of rotatable bonds is 7. The molecular formula is C17H27NO3. The van der Waals surface area contributed by atoms with Crippen molar-refractivity contribution in [3.63, 3.8) is 0 Å². The van der Waals surface area contributed by atoms with Gasteiger partial charge < -0.3 is 19.5 Å². The van der Waals surface area contributed by atoms with E-state index in [1.54, 1.807) is 7.11 Å². The second-order valence-electron chi connectivity index (χ2n) is 5.59. The van der Waals surface area contributed by atoms with Crippen LogP contribution in [0, 0.1) is 0 Å². The van der Waals surface area contributed by atoms with Gasteiger partial charge in [-0.25, -0.2) is 0 Å². The zero-order valence-corrected chi connectivity index (χ0v) is 13.4. The molecule has 0 amide bonds. The summed E-state index contributed by atoms with van der Waals surface area (Å²) in [5.41, 5.74) is 2.33. The lowest BCUT2D eigenvalue weighted by Crippen LogP contribution is -2.24. The van der Waals surface area contributed by atoms with Gasteiger partial charge in [0.25, 0.3) is 0 Å². The van der Waals surface area contributed by atoms with Gasteiger partial charge in [0.1, 0.15) is 5.75 Å². The van der Waals surface area contributed by atoms with Crippen molar-refractivity contribution >= 4 is 0 Å². The van der Waals surface area contributed by atoms with Crippen molar-refractivity contribution in [3.05, 3.63) is 29.3 Å². The van der Waals surface area contributed by atoms with Crippen LogP contribution in [-0.4, -0.2) is 33.5 Å². The van der Waals surface area contributed by atoms with Gasteiger partial charge >= 0.3 is 0 Å². The van der Waals surface area contributed by atoms with E-state index in [4.69, 9.17) is 14.2 Å². The first-order valence-electron chi connectivity index (χ1n) is 7.78. The third kappa shape index (κ3) is 4.70. The largest absolute Gasteiger partial charge is 0.496 e. The summed E-state index contributed by atoms with van der Waals surface area (Å²) in [5.74, 6) is 0.881. The van der Waals surface area contributed by atoms with Crippen LogP contribution < -0.4 is 10.1 Å². The SMILES string of the molecule is CNC(C)c1ccc(OC)c(COCC2CCCCO2)c1. The minimum absolute atomic E-state index is 0.254. The smallest absolute Gasteiger partial charge is 0.124 e. The highest BCUT2D eigenvalue weighted by Gasteiger charge is 2.14. The zero-order chi connectivity index (χ0) is 15.1. The molecule has 0 aliphatic carbocycles. The molecule has 2 unspecified atom stereocenters. The van der Waals surface area contributed by atoms with Crippen LogP contribution in [0.2, 0.25) is 0 Å². The lowest BCUT2D eigenvalue weighted by atomic mass is 10.0. The highest BCUT2D eigenvalue weighted by Crippen LogP contribution is 2.24. The van der Waals surface area contributed by atoms with E-state index < -0.39 is 0 Å². The van der Waals surface area contributed by atoms with Crippen LogP contribution >= 0.6 is 0 Å². The van der Waals surface area contributed by atoms with Crippen molar-refractivity contribution in [1.82, 2.24) is 5.32 Å². The molecule has 2 rings (SSSR count). The zero-order valence-electron chi connectivity index (χ0n) is 13.4. The summed E-state index contributed by atoms with van der Waals surface area (Å²) in [6, 6.07) is 6.57. The summed E-state index contributed by atoms with van der Waals surface area (Å²) >= 11 is 0. The van der Waals surface area contributed by atoms with Gasteiger partial charge in [-0.2, -0.15) is 0 Å². The average molecular weight is 293 g/mol. The van der Waals surface area contributed by atoms with Crippen LogP contribution in [0.15, 0.2) is 18.2 Å². The molecule has 118 valence electrons. The minimum atomic E-state index is 0.254. The molecule has 0 saturated carbocycles. The Balaban J connectivity index is 1.93. The second kappa shape index (κ2) is 8.37. The van der Waals surface area contributed by atoms with Crippen LogP contribution in [0.1, 0.15) is 43.4 Å². The average Bonchev–Trinajstić information content (AvgIpc) is 2.55. The minimum Gasteiger partial charge on any atom is -0.496 e. The van der Waals surface area contributed by atoms with Crippen molar-refractivity contribution in [2.75, 3.05) is 27.4 Å². The molecular weight excluding hydrogens is 266 g/mol. The fraction of sp³-hybridized carbons (Fsp3) is 0.647. The quantitative estimate of drug-likeness (QED) is 0.838. The van der Waals surface area contributed by atoms with Crippen molar-refractivity contribution in [2.24, 2.45) is 0 Å². The Morgan fingerprint density at radius 2 is 2.24 bits per heavy atom. The fourth-order valence-corrected chi connectivity index (χ4v) is 2.59. The molecule has 21 heavy (non-hydrogen) atoms. The molecule has 1 heterocycles. The van der Waals surface area contributed by atoms with Crippen LogP contribution in [0.5, 0.6) is 5.75 Å². The van der Waals surface area contributed by atoms with E-state index in [0.29, 0.717) is 19.3 Å². The van der Waals surface area contributed by atoms with Crippen molar-refractivity contribution in [3.8, 4) is 5.75 Å². The normalized spacial score (nSPS) is 20.2. The van der Waals surface area contributed by atoms with E-state index in [2.05, 4.69) is 24.4 Å². The maximum Gasteiger partial charge on any atom is 0.124 e. The van der Waals surface area contributed by atoms with E-state index in [1.807, 2.05) is 13.1 Å². The maximum atomic E-state index is 5.84. The molecule has 4 nitrogen and oxygen atoms in total. The fourth-order valence-electron chi connectivity index (χ4n) is 2.59. The Morgan fingerprint density at radius 1 is 1.38 bits per heavy atom. The molecule has 0 aromatic heterocycles. The van der Waals surface area contributed by atoms with Crippen molar-refractivity contribution < 1.29 is 14.2 Å². The summed E-state index contributed by atoms with van der Waals surface area (Å²) in [6.07, 6.45) is 3.78. The Morgan fingerprint density at radius 3 is 2.90 bits per heavy atom. The molecule has 1 N–H and O–H groups in total. The molecule has 0 bridgehead atoms. The number of hydrogen-bond acceptors (Lipinski definition) is 4. The van der Waals surface area contributed by atoms with E-state index in [-0.39, 0.29) is 6.10 Å². The standard InChI is InChI=1S/C17H27NO3/c1-13(18-2)14-7-8-17(19-3)15(10-14)11-20-12-16-6-4-5-9-21-16/h7-8,10,13,16,18H,4-6,9,11-12H2,1-3H3. The van der Waals surface area contributed by atoms with Gasteiger partial charge in [0.2, 0.25) is 0 Å². The molecule has 1 aromatic rings. The van der Waals surface area contributed by atoms with E-state index in [0.717, 1.165) is 24.3 Å². The van der Waals surface area contributed by atoms with Crippen LogP contribution in [0.25, 0.3) is 0 Å². The lowest BCUT2D eigenvalue weighted by molar-refractivity contribution is -0.0450. The van der Waals surface area contributed by atoms with Crippen LogP contribution in [-0.2, 0) is 16.1 Å². The molecule has 1 aromatic carbocycles. The van der Waals surface area contributed by atoms with Crippen molar-refractivity contribution in [1.29, 1.82) is 0 Å². The first kappa shape index (κ1) is 16.3. The lowest BCUT2D eigenvalue weighted by Gasteiger charge is -2.22. The maximum absolute atomic E-state index is 5.84. The number of nitrogens with one attached hydrogen (secondary N) is 1. The highest BCUT2D eigenvalue weighted by atomic mass is 16.5. The summed E-state index contributed by atoms with van der Waals surface area (Å²) in [4.78, 5) is 0. The Hall–Kier alpha value is -1.10. The topological polar surface area (TPSA) is 39.7 Å². The predicted molar refractivity (Wildman–Crippen MR) is 83.7 cm³/mol. The van der Waals surface area contributed by atoms with Gasteiger partial charge in [0.15, 0.2) is 0 Å². The Kier molecular flexibility index (Phi) is 6.49. The molecule has 1 fully saturated rings. The number of hydrogen-bond donors (Lipinski definition) is 1. The Bertz CT molecular complexity index is 430. The van der Waals surface area contributed by atoms with E-state index >= 15 is 0 Å². The van der Waals surface area contributed by atoms with Gasteiger partial charge in [0.05, 0.1) is 26.4 Å². The third-order valence-electron chi connectivity index (χ3n) is 4.07. The first-order chi connectivity index (χ1) is 10.2. The molecule has 1 aliphatic rings. The molecule has 1 saturated heterocycles. The molecule has 2 atom stereocenters. The second-order valence-corrected chi connectivity index (χ2v) is 5.59.